The van der Waals surface area contributed by atoms with E-state index in [-0.39, 0.29) is 12.2 Å². The van der Waals surface area contributed by atoms with Crippen molar-refractivity contribution in [1.82, 2.24) is 4.90 Å². The van der Waals surface area contributed by atoms with E-state index < -0.39 is 12.1 Å². The van der Waals surface area contributed by atoms with Crippen LogP contribution in [0.1, 0.15) is 0 Å². The lowest BCUT2D eigenvalue weighted by Crippen LogP contribution is -2.30. The summed E-state index contributed by atoms with van der Waals surface area (Å²) >= 11 is 0. The molecule has 0 aromatic rings. The zero-order valence-corrected chi connectivity index (χ0v) is 5.97. The number of rotatable bonds is 1. The molecule has 0 saturated carbocycles. The quantitative estimate of drug-likeness (QED) is 0.578. The molecule has 0 radical (unpaired) electrons. The van der Waals surface area contributed by atoms with Crippen LogP contribution in [0.4, 0.5) is 4.79 Å². The number of hydrogen-bond donors (Lipinski definition) is 2. The first-order valence-corrected chi connectivity index (χ1v) is 3.08. The highest BCUT2D eigenvalue weighted by Gasteiger charge is 2.14. The smallest absolute Gasteiger partial charge is 0.412 e. The lowest BCUT2D eigenvalue weighted by molar-refractivity contribution is -0.132. The van der Waals surface area contributed by atoms with Crippen molar-refractivity contribution >= 4 is 18.4 Å². The number of carbonyl (C=O) groups is 2. The third-order valence-corrected chi connectivity index (χ3v) is 1.28. The molecule has 0 saturated heterocycles. The van der Waals surface area contributed by atoms with E-state index in [9.17, 15) is 9.59 Å². The molecule has 0 atom stereocenters. The molecule has 64 valence electrons. The molecule has 6 heteroatoms. The van der Waals surface area contributed by atoms with Gasteiger partial charge in [0.05, 0.1) is 6.54 Å². The highest BCUT2D eigenvalue weighted by molar-refractivity contribution is 5.91. The third kappa shape index (κ3) is 1.60. The summed E-state index contributed by atoms with van der Waals surface area (Å²) in [5.74, 6) is -1.16. The van der Waals surface area contributed by atoms with Gasteiger partial charge in [0.2, 0.25) is 0 Å². The van der Waals surface area contributed by atoms with E-state index in [0.717, 1.165) is 11.2 Å². The van der Waals surface area contributed by atoms with Crippen molar-refractivity contribution in [2.45, 2.75) is 0 Å². The molecular weight excluding hydrogens is 164 g/mol. The van der Waals surface area contributed by atoms with Gasteiger partial charge < -0.3 is 10.2 Å². The van der Waals surface area contributed by atoms with Gasteiger partial charge in [-0.2, -0.15) is 0 Å². The fraction of sp³-hybridized carbons (Fsp3) is 0.167. The molecule has 0 unspecified atom stereocenters. The van der Waals surface area contributed by atoms with Gasteiger partial charge in [0.25, 0.3) is 0 Å². The van der Waals surface area contributed by atoms with Gasteiger partial charge in [0.1, 0.15) is 12.0 Å². The van der Waals surface area contributed by atoms with E-state index in [1.165, 1.54) is 6.08 Å². The van der Waals surface area contributed by atoms with E-state index in [4.69, 9.17) is 10.2 Å². The first-order valence-electron chi connectivity index (χ1n) is 3.08. The van der Waals surface area contributed by atoms with Gasteiger partial charge in [-0.05, 0) is 6.08 Å². The Bertz CT molecular complexity index is 281. The molecule has 0 aromatic carbocycles. The second kappa shape index (κ2) is 3.04. The van der Waals surface area contributed by atoms with Crippen molar-refractivity contribution < 1.29 is 19.8 Å². The van der Waals surface area contributed by atoms with E-state index in [2.05, 4.69) is 4.99 Å². The highest BCUT2D eigenvalue weighted by Crippen LogP contribution is 2.03. The van der Waals surface area contributed by atoms with Gasteiger partial charge in [-0.15, -0.1) is 0 Å². The lowest BCUT2D eigenvalue weighted by atomic mass is 10.3. The Morgan fingerprint density at radius 1 is 1.50 bits per heavy atom. The molecule has 6 nitrogen and oxygen atoms in total. The van der Waals surface area contributed by atoms with Gasteiger partial charge in [-0.3, -0.25) is 4.90 Å². The van der Waals surface area contributed by atoms with Crippen LogP contribution >= 0.6 is 0 Å². The predicted molar refractivity (Wildman–Crippen MR) is 38.9 cm³/mol. The first-order chi connectivity index (χ1) is 5.61. The standard InChI is InChI=1S/C6H6N2O4/c9-5(10)4-1-2-8(3-7-4)6(11)12/h1,3H,2H2,(H,9,10)(H,11,12). The molecule has 1 rings (SSSR count). The summed E-state index contributed by atoms with van der Waals surface area (Å²) < 4.78 is 0. The fourth-order valence-electron chi connectivity index (χ4n) is 0.687. The van der Waals surface area contributed by atoms with Crippen molar-refractivity contribution in [3.8, 4) is 0 Å². The van der Waals surface area contributed by atoms with Crippen LogP contribution in [0.25, 0.3) is 0 Å². The number of amides is 1. The maximum Gasteiger partial charge on any atom is 0.412 e. The summed E-state index contributed by atoms with van der Waals surface area (Å²) in [6.45, 7) is 0.0282. The topological polar surface area (TPSA) is 90.2 Å². The SMILES string of the molecule is O=C(O)C1=CCN(C(=O)O)C=N1. The molecule has 0 spiro atoms. The lowest BCUT2D eigenvalue weighted by Gasteiger charge is -2.14. The van der Waals surface area contributed by atoms with Crippen LogP contribution in [0.5, 0.6) is 0 Å². The van der Waals surface area contributed by atoms with Crippen molar-refractivity contribution in [2.24, 2.45) is 4.99 Å². The molecule has 1 amide bonds. The molecule has 1 heterocycles. The van der Waals surface area contributed by atoms with Crippen LogP contribution in [0, 0.1) is 0 Å². The van der Waals surface area contributed by atoms with Crippen molar-refractivity contribution in [2.75, 3.05) is 6.54 Å². The second-order valence-corrected chi connectivity index (χ2v) is 2.07. The number of nitrogens with zero attached hydrogens (tertiary/aromatic N) is 2. The van der Waals surface area contributed by atoms with E-state index in [1.807, 2.05) is 0 Å². The van der Waals surface area contributed by atoms with Gasteiger partial charge >= 0.3 is 12.1 Å². The Morgan fingerprint density at radius 3 is 2.50 bits per heavy atom. The Balaban J connectivity index is 2.68. The van der Waals surface area contributed by atoms with Crippen LogP contribution in [-0.4, -0.2) is 40.1 Å². The van der Waals surface area contributed by atoms with Gasteiger partial charge in [0, 0.05) is 0 Å². The number of aliphatic imine (C=N–C) groups is 1. The summed E-state index contributed by atoms with van der Waals surface area (Å²) in [4.78, 5) is 24.9. The van der Waals surface area contributed by atoms with Gasteiger partial charge in [-0.25, -0.2) is 14.6 Å². The number of carboxylic acid groups (broad SMARTS) is 2. The molecule has 1 aliphatic rings. The van der Waals surface area contributed by atoms with Crippen molar-refractivity contribution in [1.29, 1.82) is 0 Å². The Hall–Kier alpha value is -1.85. The highest BCUT2D eigenvalue weighted by atomic mass is 16.4. The molecule has 0 aromatic heterocycles. The summed E-state index contributed by atoms with van der Waals surface area (Å²) in [6, 6.07) is 0. The monoisotopic (exact) mass is 170 g/mol. The Kier molecular flexibility index (Phi) is 2.09. The zero-order chi connectivity index (χ0) is 9.14. The van der Waals surface area contributed by atoms with Gasteiger partial charge in [-0.1, -0.05) is 0 Å². The van der Waals surface area contributed by atoms with Gasteiger partial charge in [0.15, 0.2) is 0 Å². The van der Waals surface area contributed by atoms with Crippen LogP contribution < -0.4 is 0 Å². The van der Waals surface area contributed by atoms with Crippen molar-refractivity contribution in [3.05, 3.63) is 11.8 Å². The Labute approximate surface area is 67.4 Å². The Morgan fingerprint density at radius 2 is 2.17 bits per heavy atom. The summed E-state index contributed by atoms with van der Waals surface area (Å²) in [6.07, 6.45) is 1.06. The van der Waals surface area contributed by atoms with Crippen LogP contribution in [0.2, 0.25) is 0 Å². The third-order valence-electron chi connectivity index (χ3n) is 1.28. The number of carboxylic acids is 1. The minimum atomic E-state index is -1.16. The fourth-order valence-corrected chi connectivity index (χ4v) is 0.687. The second-order valence-electron chi connectivity index (χ2n) is 2.07. The molecule has 2 N–H and O–H groups in total. The maximum absolute atomic E-state index is 10.3. The maximum atomic E-state index is 10.3. The molecule has 0 fully saturated rings. The molecule has 0 bridgehead atoms. The van der Waals surface area contributed by atoms with E-state index >= 15 is 0 Å². The summed E-state index contributed by atoms with van der Waals surface area (Å²) in [7, 11) is 0. The number of aliphatic carboxylic acids is 1. The predicted octanol–water partition coefficient (Wildman–Crippen LogP) is -0.0232. The molecule has 1 aliphatic heterocycles. The minimum absolute atomic E-state index is 0.0282. The molecular formula is C6H6N2O4. The normalized spacial score (nSPS) is 15.7. The first kappa shape index (κ1) is 8.25. The van der Waals surface area contributed by atoms with Crippen molar-refractivity contribution in [3.63, 3.8) is 0 Å². The van der Waals surface area contributed by atoms with Crippen LogP contribution in [-0.2, 0) is 4.79 Å². The van der Waals surface area contributed by atoms with E-state index in [1.54, 1.807) is 0 Å². The average molecular weight is 170 g/mol. The van der Waals surface area contributed by atoms with E-state index in [0.29, 0.717) is 0 Å². The zero-order valence-electron chi connectivity index (χ0n) is 5.97. The molecule has 12 heavy (non-hydrogen) atoms. The largest absolute Gasteiger partial charge is 0.477 e. The van der Waals surface area contributed by atoms with Crippen LogP contribution in [0.3, 0.4) is 0 Å². The number of hydrogen-bond acceptors (Lipinski definition) is 3. The molecule has 0 aliphatic carbocycles. The summed E-state index contributed by atoms with van der Waals surface area (Å²) in [5.41, 5.74) is -0.132. The average Bonchev–Trinajstić information content (AvgIpc) is 2.04. The summed E-state index contributed by atoms with van der Waals surface area (Å²) in [5, 5.41) is 16.8. The van der Waals surface area contributed by atoms with Crippen LogP contribution in [0.15, 0.2) is 16.8 Å². The minimum Gasteiger partial charge on any atom is -0.477 e.